The predicted octanol–water partition coefficient (Wildman–Crippen LogP) is 0.336. The molecular weight excluding hydrogens is 270 g/mol. The van der Waals surface area contributed by atoms with Crippen molar-refractivity contribution in [2.75, 3.05) is 12.3 Å². The van der Waals surface area contributed by atoms with Crippen LogP contribution in [0.3, 0.4) is 0 Å². The Kier molecular flexibility index (Phi) is 4.32. The number of aromatic nitrogens is 3. The highest BCUT2D eigenvalue weighted by Gasteiger charge is 2.07. The number of rotatable bonds is 4. The number of hydrogen-bond donors (Lipinski definition) is 3. The van der Waals surface area contributed by atoms with Crippen LogP contribution in [-0.2, 0) is 6.42 Å². The van der Waals surface area contributed by atoms with Gasteiger partial charge < -0.3 is 16.0 Å². The topological polar surface area (TPSA) is 114 Å². The minimum Gasteiger partial charge on any atom is -0.383 e. The highest BCUT2D eigenvalue weighted by atomic mass is 16.1. The van der Waals surface area contributed by atoms with Crippen LogP contribution in [0.25, 0.3) is 0 Å². The van der Waals surface area contributed by atoms with Crippen molar-refractivity contribution in [3.05, 3.63) is 51.3 Å². The number of pyridine rings is 1. The van der Waals surface area contributed by atoms with Crippen LogP contribution in [0, 0.1) is 13.8 Å². The zero-order valence-electron chi connectivity index (χ0n) is 11.9. The smallest absolute Gasteiger partial charge is 0.252 e. The highest BCUT2D eigenvalue weighted by Crippen LogP contribution is 2.04. The summed E-state index contributed by atoms with van der Waals surface area (Å²) in [5.41, 5.74) is 7.34. The van der Waals surface area contributed by atoms with Crippen molar-refractivity contribution in [3.8, 4) is 0 Å². The standard InChI is InChI=1S/C14H17N5O2/c1-8-5-10(6-9(2)17-8)14(21)16-4-3-12-18-11(15)7-13(20)19-12/h5-7H,3-4H2,1-2H3,(H,16,21)(H3,15,18,19,20). The Morgan fingerprint density at radius 1 is 1.24 bits per heavy atom. The lowest BCUT2D eigenvalue weighted by Crippen LogP contribution is -2.27. The second-order valence-corrected chi connectivity index (χ2v) is 4.76. The first kappa shape index (κ1) is 14.7. The number of aryl methyl sites for hydroxylation is 2. The number of nitrogens with zero attached hydrogens (tertiary/aromatic N) is 2. The average Bonchev–Trinajstić information content (AvgIpc) is 2.36. The van der Waals surface area contributed by atoms with Gasteiger partial charge in [0.25, 0.3) is 11.5 Å². The van der Waals surface area contributed by atoms with Crippen LogP contribution in [0.1, 0.15) is 27.6 Å². The SMILES string of the molecule is Cc1cc(C(=O)NCCc2nc(N)cc(=O)[nH]2)cc(C)n1. The number of carbonyl (C=O) groups excluding carboxylic acids is 1. The third-order valence-electron chi connectivity index (χ3n) is 2.80. The monoisotopic (exact) mass is 287 g/mol. The van der Waals surface area contributed by atoms with Crippen molar-refractivity contribution in [2.45, 2.75) is 20.3 Å². The van der Waals surface area contributed by atoms with Gasteiger partial charge in [-0.15, -0.1) is 0 Å². The number of carbonyl (C=O) groups is 1. The van der Waals surface area contributed by atoms with Gasteiger partial charge in [-0.25, -0.2) is 4.98 Å². The van der Waals surface area contributed by atoms with Crippen LogP contribution < -0.4 is 16.6 Å². The summed E-state index contributed by atoms with van der Waals surface area (Å²) in [6, 6.07) is 4.66. The number of H-pyrrole nitrogens is 1. The van der Waals surface area contributed by atoms with Crippen LogP contribution in [-0.4, -0.2) is 27.4 Å². The molecule has 21 heavy (non-hydrogen) atoms. The molecule has 0 aliphatic heterocycles. The van der Waals surface area contributed by atoms with Crippen LogP contribution in [0.15, 0.2) is 23.0 Å². The third-order valence-corrected chi connectivity index (χ3v) is 2.80. The van der Waals surface area contributed by atoms with Crippen molar-refractivity contribution in [1.82, 2.24) is 20.3 Å². The molecule has 2 aromatic heterocycles. The normalized spacial score (nSPS) is 10.4. The lowest BCUT2D eigenvalue weighted by atomic mass is 10.2. The molecule has 0 fully saturated rings. The Labute approximate surface area is 121 Å². The molecule has 0 bridgehead atoms. The lowest BCUT2D eigenvalue weighted by Gasteiger charge is -2.06. The highest BCUT2D eigenvalue weighted by molar-refractivity contribution is 5.94. The molecular formula is C14H17N5O2. The number of nitrogen functional groups attached to an aromatic ring is 1. The maximum absolute atomic E-state index is 12.0. The first-order chi connectivity index (χ1) is 9.94. The molecule has 2 heterocycles. The molecule has 0 unspecified atom stereocenters. The molecule has 0 aromatic carbocycles. The van der Waals surface area contributed by atoms with Crippen molar-refractivity contribution in [1.29, 1.82) is 0 Å². The summed E-state index contributed by atoms with van der Waals surface area (Å²) < 4.78 is 0. The first-order valence-electron chi connectivity index (χ1n) is 6.53. The first-order valence-corrected chi connectivity index (χ1v) is 6.53. The lowest BCUT2D eigenvalue weighted by molar-refractivity contribution is 0.0953. The molecule has 1 amide bonds. The molecule has 110 valence electrons. The van der Waals surface area contributed by atoms with E-state index in [0.29, 0.717) is 24.4 Å². The minimum atomic E-state index is -0.302. The number of nitrogens with one attached hydrogen (secondary N) is 2. The number of nitrogens with two attached hydrogens (primary N) is 1. The fourth-order valence-corrected chi connectivity index (χ4v) is 2.01. The maximum Gasteiger partial charge on any atom is 0.252 e. The average molecular weight is 287 g/mol. The van der Waals surface area contributed by atoms with E-state index in [4.69, 9.17) is 5.73 Å². The molecule has 0 aliphatic carbocycles. The van der Waals surface area contributed by atoms with E-state index < -0.39 is 0 Å². The van der Waals surface area contributed by atoms with Crippen molar-refractivity contribution < 1.29 is 4.79 Å². The second kappa shape index (κ2) is 6.17. The van der Waals surface area contributed by atoms with Gasteiger partial charge >= 0.3 is 0 Å². The number of anilines is 1. The molecule has 0 spiro atoms. The summed E-state index contributed by atoms with van der Waals surface area (Å²) in [7, 11) is 0. The summed E-state index contributed by atoms with van der Waals surface area (Å²) in [5, 5.41) is 2.77. The molecule has 7 nitrogen and oxygen atoms in total. The molecule has 7 heteroatoms. The van der Waals surface area contributed by atoms with Gasteiger partial charge in [0.1, 0.15) is 11.6 Å². The van der Waals surface area contributed by atoms with Crippen LogP contribution >= 0.6 is 0 Å². The van der Waals surface area contributed by atoms with Crippen LogP contribution in [0.4, 0.5) is 5.82 Å². The van der Waals surface area contributed by atoms with Crippen LogP contribution in [0.2, 0.25) is 0 Å². The van der Waals surface area contributed by atoms with E-state index in [9.17, 15) is 9.59 Å². The fourth-order valence-electron chi connectivity index (χ4n) is 2.01. The number of amides is 1. The Morgan fingerprint density at radius 3 is 2.52 bits per heavy atom. The molecule has 4 N–H and O–H groups in total. The summed E-state index contributed by atoms with van der Waals surface area (Å²) in [6.07, 6.45) is 0.398. The van der Waals surface area contributed by atoms with E-state index in [1.54, 1.807) is 12.1 Å². The second-order valence-electron chi connectivity index (χ2n) is 4.76. The quantitative estimate of drug-likeness (QED) is 0.750. The molecule has 0 radical (unpaired) electrons. The van der Waals surface area contributed by atoms with Crippen molar-refractivity contribution in [3.63, 3.8) is 0 Å². The summed E-state index contributed by atoms with van der Waals surface area (Å²) in [6.45, 7) is 4.03. The third kappa shape index (κ3) is 4.13. The van der Waals surface area contributed by atoms with E-state index in [2.05, 4.69) is 20.3 Å². The van der Waals surface area contributed by atoms with Gasteiger partial charge in [-0.2, -0.15) is 0 Å². The fraction of sp³-hybridized carbons (Fsp3) is 0.286. The number of hydrogen-bond acceptors (Lipinski definition) is 5. The molecule has 2 aromatic rings. The zero-order chi connectivity index (χ0) is 15.4. The van der Waals surface area contributed by atoms with Crippen LogP contribution in [0.5, 0.6) is 0 Å². The molecule has 2 rings (SSSR count). The Morgan fingerprint density at radius 2 is 1.90 bits per heavy atom. The van der Waals surface area contributed by atoms with E-state index in [-0.39, 0.29) is 17.3 Å². The van der Waals surface area contributed by atoms with Gasteiger partial charge in [0, 0.05) is 36.0 Å². The van der Waals surface area contributed by atoms with Gasteiger partial charge in [0.15, 0.2) is 0 Å². The molecule has 0 atom stereocenters. The summed E-state index contributed by atoms with van der Waals surface area (Å²) in [4.78, 5) is 34.0. The Bertz CT molecular complexity index is 703. The van der Waals surface area contributed by atoms with Gasteiger partial charge in [-0.3, -0.25) is 14.6 Å². The van der Waals surface area contributed by atoms with E-state index >= 15 is 0 Å². The zero-order valence-corrected chi connectivity index (χ0v) is 11.9. The van der Waals surface area contributed by atoms with Crippen molar-refractivity contribution in [2.24, 2.45) is 0 Å². The van der Waals surface area contributed by atoms with E-state index in [1.807, 2.05) is 13.8 Å². The Hall–Kier alpha value is -2.70. The Balaban J connectivity index is 1.96. The van der Waals surface area contributed by atoms with Gasteiger partial charge in [-0.1, -0.05) is 0 Å². The minimum absolute atomic E-state index is 0.167. The molecule has 0 saturated heterocycles. The molecule has 0 saturated carbocycles. The van der Waals surface area contributed by atoms with Crippen molar-refractivity contribution >= 4 is 11.7 Å². The van der Waals surface area contributed by atoms with Gasteiger partial charge in [-0.05, 0) is 26.0 Å². The van der Waals surface area contributed by atoms with E-state index in [1.165, 1.54) is 6.07 Å². The maximum atomic E-state index is 12.0. The molecule has 0 aliphatic rings. The largest absolute Gasteiger partial charge is 0.383 e. The number of aromatic amines is 1. The van der Waals surface area contributed by atoms with E-state index in [0.717, 1.165) is 11.4 Å². The predicted molar refractivity (Wildman–Crippen MR) is 79.0 cm³/mol. The summed E-state index contributed by atoms with van der Waals surface area (Å²) >= 11 is 0. The van der Waals surface area contributed by atoms with Gasteiger partial charge in [0.05, 0.1) is 0 Å². The van der Waals surface area contributed by atoms with Gasteiger partial charge in [0.2, 0.25) is 0 Å². The summed E-state index contributed by atoms with van der Waals surface area (Å²) in [5.74, 6) is 0.428.